The smallest absolute Gasteiger partial charge is 0.236 e. The SMILES string of the molecule is CCCN(CC(=O)N(CC)CC)C1CC2CCC(C1)N2. The van der Waals surface area contributed by atoms with Crippen molar-refractivity contribution in [3.8, 4) is 0 Å². The maximum atomic E-state index is 12.4. The second-order valence-electron chi connectivity index (χ2n) is 6.30. The summed E-state index contributed by atoms with van der Waals surface area (Å²) >= 11 is 0. The third kappa shape index (κ3) is 3.73. The van der Waals surface area contributed by atoms with Crippen molar-refractivity contribution in [1.82, 2.24) is 15.1 Å². The van der Waals surface area contributed by atoms with Crippen LogP contribution in [0.3, 0.4) is 0 Å². The minimum absolute atomic E-state index is 0.300. The highest BCUT2D eigenvalue weighted by Gasteiger charge is 2.36. The van der Waals surface area contributed by atoms with E-state index >= 15 is 0 Å². The van der Waals surface area contributed by atoms with Crippen LogP contribution in [0.1, 0.15) is 52.9 Å². The minimum Gasteiger partial charge on any atom is -0.342 e. The topological polar surface area (TPSA) is 35.6 Å². The number of carbonyl (C=O) groups is 1. The van der Waals surface area contributed by atoms with Crippen molar-refractivity contribution in [2.75, 3.05) is 26.2 Å². The molecular formula is C16H31N3O. The second kappa shape index (κ2) is 7.41. The molecule has 2 bridgehead atoms. The van der Waals surface area contributed by atoms with Crippen LogP contribution >= 0.6 is 0 Å². The van der Waals surface area contributed by atoms with Gasteiger partial charge in [0.05, 0.1) is 6.54 Å². The highest BCUT2D eigenvalue weighted by atomic mass is 16.2. The lowest BCUT2D eigenvalue weighted by molar-refractivity contribution is -0.132. The maximum Gasteiger partial charge on any atom is 0.236 e. The Labute approximate surface area is 123 Å². The molecule has 116 valence electrons. The Morgan fingerprint density at radius 2 is 1.70 bits per heavy atom. The zero-order chi connectivity index (χ0) is 14.5. The number of hydrogen-bond donors (Lipinski definition) is 1. The third-order valence-electron chi connectivity index (χ3n) is 4.93. The summed E-state index contributed by atoms with van der Waals surface area (Å²) in [6.45, 7) is 9.66. The third-order valence-corrected chi connectivity index (χ3v) is 4.93. The molecule has 0 radical (unpaired) electrons. The molecule has 0 saturated carbocycles. The first kappa shape index (κ1) is 15.8. The molecule has 2 saturated heterocycles. The normalized spacial score (nSPS) is 28.9. The molecular weight excluding hydrogens is 250 g/mol. The van der Waals surface area contributed by atoms with E-state index in [9.17, 15) is 4.79 Å². The monoisotopic (exact) mass is 281 g/mol. The molecule has 0 aromatic heterocycles. The van der Waals surface area contributed by atoms with Gasteiger partial charge in [0.25, 0.3) is 0 Å². The van der Waals surface area contributed by atoms with Gasteiger partial charge in [-0.2, -0.15) is 0 Å². The molecule has 0 aliphatic carbocycles. The summed E-state index contributed by atoms with van der Waals surface area (Å²) < 4.78 is 0. The van der Waals surface area contributed by atoms with Gasteiger partial charge in [0, 0.05) is 31.2 Å². The summed E-state index contributed by atoms with van der Waals surface area (Å²) in [4.78, 5) is 16.8. The van der Waals surface area contributed by atoms with Gasteiger partial charge in [-0.05, 0) is 52.5 Å². The summed E-state index contributed by atoms with van der Waals surface area (Å²) in [5.74, 6) is 0.300. The first-order valence-corrected chi connectivity index (χ1v) is 8.45. The van der Waals surface area contributed by atoms with E-state index in [4.69, 9.17) is 0 Å². The van der Waals surface area contributed by atoms with Crippen molar-refractivity contribution >= 4 is 5.91 Å². The van der Waals surface area contributed by atoms with Gasteiger partial charge in [0.15, 0.2) is 0 Å². The van der Waals surface area contributed by atoms with Gasteiger partial charge in [-0.25, -0.2) is 0 Å². The van der Waals surface area contributed by atoms with Gasteiger partial charge in [-0.15, -0.1) is 0 Å². The molecule has 20 heavy (non-hydrogen) atoms. The molecule has 4 nitrogen and oxygen atoms in total. The standard InChI is InChI=1S/C16H31N3O/c1-4-9-19(12-16(20)18(5-2)6-3)15-10-13-7-8-14(11-15)17-13/h13-15,17H,4-12H2,1-3H3. The van der Waals surface area contributed by atoms with Crippen LogP contribution in [0, 0.1) is 0 Å². The quantitative estimate of drug-likeness (QED) is 0.773. The lowest BCUT2D eigenvalue weighted by Crippen LogP contribution is -2.51. The van der Waals surface area contributed by atoms with E-state index in [1.54, 1.807) is 0 Å². The van der Waals surface area contributed by atoms with E-state index in [2.05, 4.69) is 31.0 Å². The van der Waals surface area contributed by atoms with Gasteiger partial charge < -0.3 is 10.2 Å². The molecule has 2 atom stereocenters. The van der Waals surface area contributed by atoms with Crippen LogP contribution in [-0.2, 0) is 4.79 Å². The average Bonchev–Trinajstić information content (AvgIpc) is 2.78. The first-order valence-electron chi connectivity index (χ1n) is 8.45. The van der Waals surface area contributed by atoms with Crippen LogP contribution in [0.2, 0.25) is 0 Å². The molecule has 2 fully saturated rings. The summed E-state index contributed by atoms with van der Waals surface area (Å²) in [6.07, 6.45) is 6.23. The number of carbonyl (C=O) groups excluding carboxylic acids is 1. The molecule has 2 heterocycles. The van der Waals surface area contributed by atoms with Crippen LogP contribution in [-0.4, -0.2) is 60.0 Å². The van der Waals surface area contributed by atoms with Crippen molar-refractivity contribution in [2.24, 2.45) is 0 Å². The van der Waals surface area contributed by atoms with Gasteiger partial charge in [0.2, 0.25) is 5.91 Å². The first-order chi connectivity index (χ1) is 9.67. The fourth-order valence-electron chi connectivity index (χ4n) is 3.85. The molecule has 2 rings (SSSR count). The van der Waals surface area contributed by atoms with Crippen LogP contribution in [0.5, 0.6) is 0 Å². The fourth-order valence-corrected chi connectivity index (χ4v) is 3.85. The van der Waals surface area contributed by atoms with Crippen molar-refractivity contribution in [1.29, 1.82) is 0 Å². The van der Waals surface area contributed by atoms with E-state index in [1.165, 1.54) is 25.7 Å². The number of likely N-dealkylation sites (N-methyl/N-ethyl adjacent to an activating group) is 1. The molecule has 2 aliphatic heterocycles. The Kier molecular flexibility index (Phi) is 5.85. The van der Waals surface area contributed by atoms with Crippen LogP contribution in [0.4, 0.5) is 0 Å². The molecule has 2 aliphatic rings. The number of piperidine rings is 1. The summed E-state index contributed by atoms with van der Waals surface area (Å²) in [5.41, 5.74) is 0. The van der Waals surface area contributed by atoms with E-state index in [0.29, 0.717) is 30.6 Å². The highest BCUT2D eigenvalue weighted by Crippen LogP contribution is 2.29. The van der Waals surface area contributed by atoms with E-state index < -0.39 is 0 Å². The van der Waals surface area contributed by atoms with Gasteiger partial charge in [-0.1, -0.05) is 6.92 Å². The van der Waals surface area contributed by atoms with Gasteiger partial charge in [-0.3, -0.25) is 9.69 Å². The Hall–Kier alpha value is -0.610. The zero-order valence-electron chi connectivity index (χ0n) is 13.4. The van der Waals surface area contributed by atoms with Gasteiger partial charge in [0.1, 0.15) is 0 Å². The van der Waals surface area contributed by atoms with Crippen molar-refractivity contribution in [3.05, 3.63) is 0 Å². The Morgan fingerprint density at radius 1 is 1.10 bits per heavy atom. The van der Waals surface area contributed by atoms with Crippen LogP contribution < -0.4 is 5.32 Å². The van der Waals surface area contributed by atoms with Crippen LogP contribution in [0.25, 0.3) is 0 Å². The fraction of sp³-hybridized carbons (Fsp3) is 0.938. The number of amides is 1. The second-order valence-corrected chi connectivity index (χ2v) is 6.30. The Morgan fingerprint density at radius 3 is 2.20 bits per heavy atom. The predicted octanol–water partition coefficient (Wildman–Crippen LogP) is 1.85. The number of rotatable bonds is 7. The molecule has 0 aromatic carbocycles. The molecule has 1 amide bonds. The van der Waals surface area contributed by atoms with Crippen molar-refractivity contribution < 1.29 is 4.79 Å². The molecule has 0 aromatic rings. The van der Waals surface area contributed by atoms with Gasteiger partial charge >= 0.3 is 0 Å². The Bertz CT molecular complexity index is 305. The lowest BCUT2D eigenvalue weighted by Gasteiger charge is -2.38. The van der Waals surface area contributed by atoms with Crippen LogP contribution in [0.15, 0.2) is 0 Å². The minimum atomic E-state index is 0.300. The van der Waals surface area contributed by atoms with Crippen molar-refractivity contribution in [3.63, 3.8) is 0 Å². The average molecular weight is 281 g/mol. The lowest BCUT2D eigenvalue weighted by atomic mass is 9.98. The molecule has 4 heteroatoms. The number of hydrogen-bond acceptors (Lipinski definition) is 3. The van der Waals surface area contributed by atoms with Crippen molar-refractivity contribution in [2.45, 2.75) is 71.0 Å². The zero-order valence-corrected chi connectivity index (χ0v) is 13.4. The van der Waals surface area contributed by atoms with E-state index in [0.717, 1.165) is 26.1 Å². The molecule has 1 N–H and O–H groups in total. The summed E-state index contributed by atoms with van der Waals surface area (Å²) in [6, 6.07) is 2.00. The highest BCUT2D eigenvalue weighted by molar-refractivity contribution is 5.78. The van der Waals surface area contributed by atoms with E-state index in [1.807, 2.05) is 4.90 Å². The summed E-state index contributed by atoms with van der Waals surface area (Å²) in [7, 11) is 0. The number of fused-ring (bicyclic) bond motifs is 2. The molecule has 2 unspecified atom stereocenters. The number of nitrogens with zero attached hydrogens (tertiary/aromatic N) is 2. The predicted molar refractivity (Wildman–Crippen MR) is 82.8 cm³/mol. The number of nitrogens with one attached hydrogen (secondary N) is 1. The molecule has 0 spiro atoms. The van der Waals surface area contributed by atoms with E-state index in [-0.39, 0.29) is 0 Å². The Balaban J connectivity index is 1.94. The maximum absolute atomic E-state index is 12.4. The largest absolute Gasteiger partial charge is 0.342 e. The summed E-state index contributed by atoms with van der Waals surface area (Å²) in [5, 5.41) is 3.69.